The fourth-order valence-electron chi connectivity index (χ4n) is 6.41. The highest BCUT2D eigenvalue weighted by Gasteiger charge is 2.38. The van der Waals surface area contributed by atoms with Crippen LogP contribution in [0.1, 0.15) is 65.1 Å². The van der Waals surface area contributed by atoms with Crippen LogP contribution in [0.3, 0.4) is 0 Å². The highest BCUT2D eigenvalue weighted by atomic mass is 19.1. The van der Waals surface area contributed by atoms with Crippen molar-refractivity contribution in [3.05, 3.63) is 111 Å². The van der Waals surface area contributed by atoms with Crippen LogP contribution in [0.4, 0.5) is 10.1 Å². The van der Waals surface area contributed by atoms with Crippen molar-refractivity contribution in [1.29, 1.82) is 0 Å². The van der Waals surface area contributed by atoms with E-state index in [1.54, 1.807) is 24.3 Å². The lowest BCUT2D eigenvalue weighted by atomic mass is 9.85. The molecule has 0 N–H and O–H groups in total. The minimum Gasteiger partial charge on any atom is -0.335 e. The standard InChI is InChI=1S/C32H36FN3O3/c1-23-7-5-6-10-30(23)31-22-34(19-24-11-17-29(18-12-24)36(38)39)20-26(31)21-35(28-8-3-2-4-9-28)32(37)25-13-15-27(33)16-14-25/h5-7,10-18,26,28,31H,2-4,8-9,19-22H2,1H3. The second-order valence-electron chi connectivity index (χ2n) is 11.1. The number of hydrogen-bond donors (Lipinski definition) is 0. The maximum Gasteiger partial charge on any atom is 0.269 e. The topological polar surface area (TPSA) is 66.7 Å². The van der Waals surface area contributed by atoms with Gasteiger partial charge in [-0.3, -0.25) is 19.8 Å². The fourth-order valence-corrected chi connectivity index (χ4v) is 6.41. The molecule has 1 heterocycles. The molecule has 1 aliphatic heterocycles. The summed E-state index contributed by atoms with van der Waals surface area (Å²) in [5.41, 5.74) is 4.23. The molecular formula is C32H36FN3O3. The highest BCUT2D eigenvalue weighted by molar-refractivity contribution is 5.94. The summed E-state index contributed by atoms with van der Waals surface area (Å²) in [5, 5.41) is 11.1. The third kappa shape index (κ3) is 6.36. The quantitative estimate of drug-likeness (QED) is 0.240. The number of nitrogens with zero attached hydrogens (tertiary/aromatic N) is 3. The van der Waals surface area contributed by atoms with Crippen LogP contribution in [0.15, 0.2) is 72.8 Å². The van der Waals surface area contributed by atoms with Crippen LogP contribution in [0.25, 0.3) is 0 Å². The molecule has 1 amide bonds. The lowest BCUT2D eigenvalue weighted by molar-refractivity contribution is -0.384. The Morgan fingerprint density at radius 1 is 0.974 bits per heavy atom. The maximum atomic E-state index is 13.8. The number of rotatable bonds is 8. The Balaban J connectivity index is 1.41. The van der Waals surface area contributed by atoms with E-state index in [0.717, 1.165) is 44.3 Å². The molecule has 7 heteroatoms. The number of likely N-dealkylation sites (tertiary alicyclic amines) is 1. The first-order chi connectivity index (χ1) is 18.9. The Morgan fingerprint density at radius 2 is 1.67 bits per heavy atom. The molecule has 39 heavy (non-hydrogen) atoms. The number of hydrogen-bond acceptors (Lipinski definition) is 4. The smallest absolute Gasteiger partial charge is 0.269 e. The first kappa shape index (κ1) is 27.0. The predicted molar refractivity (Wildman–Crippen MR) is 150 cm³/mol. The number of halogens is 1. The molecule has 2 unspecified atom stereocenters. The average molecular weight is 530 g/mol. The van der Waals surface area contributed by atoms with Crippen molar-refractivity contribution >= 4 is 11.6 Å². The molecule has 1 saturated heterocycles. The monoisotopic (exact) mass is 529 g/mol. The highest BCUT2D eigenvalue weighted by Crippen LogP contribution is 2.37. The molecule has 3 aromatic rings. The average Bonchev–Trinajstić information content (AvgIpc) is 3.34. The third-order valence-corrected chi connectivity index (χ3v) is 8.46. The second kappa shape index (κ2) is 12.1. The van der Waals surface area contributed by atoms with Gasteiger partial charge in [-0.05, 0) is 66.6 Å². The number of aryl methyl sites for hydroxylation is 1. The van der Waals surface area contributed by atoms with Crippen LogP contribution in [0.2, 0.25) is 0 Å². The van der Waals surface area contributed by atoms with Gasteiger partial charge < -0.3 is 4.90 Å². The molecule has 0 aromatic heterocycles. The van der Waals surface area contributed by atoms with Gasteiger partial charge in [0.25, 0.3) is 11.6 Å². The molecule has 5 rings (SSSR count). The van der Waals surface area contributed by atoms with Crippen LogP contribution in [-0.2, 0) is 6.54 Å². The molecule has 2 atom stereocenters. The van der Waals surface area contributed by atoms with Gasteiger partial charge in [-0.2, -0.15) is 0 Å². The van der Waals surface area contributed by atoms with E-state index in [4.69, 9.17) is 0 Å². The van der Waals surface area contributed by atoms with Crippen LogP contribution in [-0.4, -0.2) is 46.3 Å². The molecule has 0 radical (unpaired) electrons. The van der Waals surface area contributed by atoms with Crippen molar-refractivity contribution in [3.8, 4) is 0 Å². The largest absolute Gasteiger partial charge is 0.335 e. The molecule has 0 spiro atoms. The molecule has 1 saturated carbocycles. The van der Waals surface area contributed by atoms with Crippen molar-refractivity contribution in [2.45, 2.75) is 57.5 Å². The van der Waals surface area contributed by atoms with Gasteiger partial charge in [0, 0.05) is 55.8 Å². The van der Waals surface area contributed by atoms with Crippen molar-refractivity contribution in [3.63, 3.8) is 0 Å². The van der Waals surface area contributed by atoms with E-state index in [-0.39, 0.29) is 40.2 Å². The van der Waals surface area contributed by atoms with E-state index in [0.29, 0.717) is 18.7 Å². The molecule has 1 aliphatic carbocycles. The van der Waals surface area contributed by atoms with E-state index in [1.807, 2.05) is 12.1 Å². The normalized spacial score (nSPS) is 20.2. The number of carbonyl (C=O) groups excluding carboxylic acids is 1. The summed E-state index contributed by atoms with van der Waals surface area (Å²) in [5.74, 6) is 0.138. The Labute approximate surface area is 229 Å². The van der Waals surface area contributed by atoms with Gasteiger partial charge in [0.15, 0.2) is 0 Å². The zero-order valence-corrected chi connectivity index (χ0v) is 22.5. The van der Waals surface area contributed by atoms with Crippen molar-refractivity contribution in [2.75, 3.05) is 19.6 Å². The number of carbonyl (C=O) groups is 1. The van der Waals surface area contributed by atoms with Crippen molar-refractivity contribution in [1.82, 2.24) is 9.80 Å². The van der Waals surface area contributed by atoms with E-state index in [9.17, 15) is 19.3 Å². The van der Waals surface area contributed by atoms with E-state index < -0.39 is 0 Å². The Kier molecular flexibility index (Phi) is 8.36. The summed E-state index contributed by atoms with van der Waals surface area (Å²) in [6.45, 7) is 5.18. The van der Waals surface area contributed by atoms with Gasteiger partial charge in [-0.15, -0.1) is 0 Å². The number of amides is 1. The third-order valence-electron chi connectivity index (χ3n) is 8.46. The zero-order chi connectivity index (χ0) is 27.4. The van der Waals surface area contributed by atoms with Crippen LogP contribution in [0, 0.1) is 28.8 Å². The van der Waals surface area contributed by atoms with E-state index in [1.165, 1.54) is 29.7 Å². The van der Waals surface area contributed by atoms with Crippen LogP contribution >= 0.6 is 0 Å². The molecule has 2 fully saturated rings. The van der Waals surface area contributed by atoms with Crippen molar-refractivity contribution < 1.29 is 14.1 Å². The minimum atomic E-state index is -0.373. The van der Waals surface area contributed by atoms with Gasteiger partial charge in [-0.25, -0.2) is 4.39 Å². The molecule has 3 aromatic carbocycles. The fraction of sp³-hybridized carbons (Fsp3) is 0.406. The van der Waals surface area contributed by atoms with Gasteiger partial charge >= 0.3 is 0 Å². The summed E-state index contributed by atoms with van der Waals surface area (Å²) in [6.07, 6.45) is 5.45. The van der Waals surface area contributed by atoms with Crippen LogP contribution in [0.5, 0.6) is 0 Å². The molecule has 2 aliphatic rings. The maximum absolute atomic E-state index is 13.8. The van der Waals surface area contributed by atoms with Gasteiger partial charge in [0.1, 0.15) is 5.82 Å². The Morgan fingerprint density at radius 3 is 2.33 bits per heavy atom. The first-order valence-corrected chi connectivity index (χ1v) is 14.0. The number of nitro benzene ring substituents is 1. The molecule has 6 nitrogen and oxygen atoms in total. The Bertz CT molecular complexity index is 1290. The van der Waals surface area contributed by atoms with E-state index >= 15 is 0 Å². The van der Waals surface area contributed by atoms with Gasteiger partial charge in [-0.1, -0.05) is 55.7 Å². The first-order valence-electron chi connectivity index (χ1n) is 14.0. The van der Waals surface area contributed by atoms with Crippen LogP contribution < -0.4 is 0 Å². The molecule has 0 bridgehead atoms. The Hall–Kier alpha value is -3.58. The predicted octanol–water partition coefficient (Wildman–Crippen LogP) is 6.73. The molecule has 204 valence electrons. The van der Waals surface area contributed by atoms with Gasteiger partial charge in [0.2, 0.25) is 0 Å². The number of benzene rings is 3. The lowest BCUT2D eigenvalue weighted by Gasteiger charge is -2.37. The summed E-state index contributed by atoms with van der Waals surface area (Å²) in [7, 11) is 0. The SMILES string of the molecule is Cc1ccccc1C1CN(Cc2ccc([N+](=O)[O-])cc2)CC1CN(C(=O)c1ccc(F)cc1)C1CCCCC1. The second-order valence-corrected chi connectivity index (χ2v) is 11.1. The molecular weight excluding hydrogens is 493 g/mol. The summed E-state index contributed by atoms with van der Waals surface area (Å²) in [4.78, 5) is 29.0. The lowest BCUT2D eigenvalue weighted by Crippen LogP contribution is -2.45. The van der Waals surface area contributed by atoms with Gasteiger partial charge in [0.05, 0.1) is 4.92 Å². The minimum absolute atomic E-state index is 0.0146. The number of nitro groups is 1. The summed E-state index contributed by atoms with van der Waals surface area (Å²) < 4.78 is 13.6. The van der Waals surface area contributed by atoms with Crippen molar-refractivity contribution in [2.24, 2.45) is 5.92 Å². The van der Waals surface area contributed by atoms with E-state index in [2.05, 4.69) is 41.0 Å². The zero-order valence-electron chi connectivity index (χ0n) is 22.5. The summed E-state index contributed by atoms with van der Waals surface area (Å²) >= 11 is 0. The number of non-ortho nitro benzene ring substituents is 1. The summed E-state index contributed by atoms with van der Waals surface area (Å²) in [6, 6.07) is 21.4.